The summed E-state index contributed by atoms with van der Waals surface area (Å²) in [6.07, 6.45) is 3.67. The molecule has 1 aliphatic heterocycles. The van der Waals surface area contributed by atoms with Gasteiger partial charge in [-0.2, -0.15) is 5.10 Å². The van der Waals surface area contributed by atoms with Crippen molar-refractivity contribution in [3.05, 3.63) is 77.2 Å². The molecule has 1 fully saturated rings. The molecule has 1 N–H and O–H groups in total. The fourth-order valence-electron chi connectivity index (χ4n) is 3.75. The van der Waals surface area contributed by atoms with E-state index in [4.69, 9.17) is 0 Å². The van der Waals surface area contributed by atoms with Gasteiger partial charge in [0.1, 0.15) is 5.82 Å². The molecule has 1 aliphatic rings. The molecule has 154 valence electrons. The fraction of sp³-hybridized carbons (Fsp3) is 0.304. The first-order valence-electron chi connectivity index (χ1n) is 10.1. The number of hydrogen-bond acceptors (Lipinski definition) is 4. The summed E-state index contributed by atoms with van der Waals surface area (Å²) in [6.45, 7) is 5.36. The van der Waals surface area contributed by atoms with Crippen LogP contribution in [-0.4, -0.2) is 38.0 Å². The number of amides is 2. The summed E-state index contributed by atoms with van der Waals surface area (Å²) in [6, 6.07) is 13.8. The Morgan fingerprint density at radius 3 is 2.80 bits per heavy atom. The van der Waals surface area contributed by atoms with Crippen LogP contribution < -0.4 is 5.32 Å². The maximum absolute atomic E-state index is 12.9. The molecule has 1 aromatic carbocycles. The number of nitrogens with zero attached hydrogens (tertiary/aromatic N) is 4. The summed E-state index contributed by atoms with van der Waals surface area (Å²) in [5.74, 6) is 0.117. The molecule has 0 spiro atoms. The SMILES string of the molecule is Cc1cccc(Cn2ncc(C)c2NC(=O)C2CC(=O)N(Cc3ccccn3)C2)c1. The third-order valence-electron chi connectivity index (χ3n) is 5.34. The Bertz CT molecular complexity index is 1060. The number of hydrogen-bond donors (Lipinski definition) is 1. The molecular formula is C23H25N5O2. The largest absolute Gasteiger partial charge is 0.336 e. The summed E-state index contributed by atoms with van der Waals surface area (Å²) in [5, 5.41) is 7.43. The maximum Gasteiger partial charge on any atom is 0.230 e. The van der Waals surface area contributed by atoms with Crippen LogP contribution in [0, 0.1) is 19.8 Å². The summed E-state index contributed by atoms with van der Waals surface area (Å²) in [7, 11) is 0. The molecular weight excluding hydrogens is 378 g/mol. The zero-order valence-corrected chi connectivity index (χ0v) is 17.2. The van der Waals surface area contributed by atoms with Crippen molar-refractivity contribution in [2.75, 3.05) is 11.9 Å². The van der Waals surface area contributed by atoms with Crippen molar-refractivity contribution in [2.24, 2.45) is 5.92 Å². The van der Waals surface area contributed by atoms with Crippen molar-refractivity contribution in [3.8, 4) is 0 Å². The van der Waals surface area contributed by atoms with E-state index in [2.05, 4.69) is 21.5 Å². The van der Waals surface area contributed by atoms with Crippen molar-refractivity contribution >= 4 is 17.6 Å². The van der Waals surface area contributed by atoms with E-state index in [-0.39, 0.29) is 24.2 Å². The van der Waals surface area contributed by atoms with E-state index < -0.39 is 0 Å². The summed E-state index contributed by atoms with van der Waals surface area (Å²) in [4.78, 5) is 31.3. The highest BCUT2D eigenvalue weighted by atomic mass is 16.2. The molecule has 0 bridgehead atoms. The molecule has 2 amide bonds. The number of aryl methyl sites for hydroxylation is 2. The minimum atomic E-state index is -0.386. The maximum atomic E-state index is 12.9. The van der Waals surface area contributed by atoms with Gasteiger partial charge in [0.2, 0.25) is 11.8 Å². The number of pyridine rings is 1. The number of rotatable bonds is 6. The van der Waals surface area contributed by atoms with Gasteiger partial charge in [-0.15, -0.1) is 0 Å². The van der Waals surface area contributed by atoms with Gasteiger partial charge in [-0.05, 0) is 31.5 Å². The predicted molar refractivity (Wildman–Crippen MR) is 114 cm³/mol. The second kappa shape index (κ2) is 8.49. The zero-order chi connectivity index (χ0) is 21.1. The van der Waals surface area contributed by atoms with Gasteiger partial charge in [0.15, 0.2) is 0 Å². The van der Waals surface area contributed by atoms with Crippen LogP contribution in [0.1, 0.15) is 28.8 Å². The Morgan fingerprint density at radius 2 is 2.03 bits per heavy atom. The van der Waals surface area contributed by atoms with E-state index in [1.165, 1.54) is 5.56 Å². The molecule has 3 heterocycles. The molecule has 0 aliphatic carbocycles. The fourth-order valence-corrected chi connectivity index (χ4v) is 3.75. The Labute approximate surface area is 175 Å². The quantitative estimate of drug-likeness (QED) is 0.686. The molecule has 1 saturated heterocycles. The monoisotopic (exact) mass is 403 g/mol. The first kappa shape index (κ1) is 19.8. The van der Waals surface area contributed by atoms with Gasteiger partial charge in [-0.25, -0.2) is 4.68 Å². The van der Waals surface area contributed by atoms with E-state index in [1.807, 2.05) is 50.2 Å². The van der Waals surface area contributed by atoms with E-state index >= 15 is 0 Å². The smallest absolute Gasteiger partial charge is 0.230 e. The van der Waals surface area contributed by atoms with Crippen LogP contribution in [0.15, 0.2) is 54.9 Å². The zero-order valence-electron chi connectivity index (χ0n) is 17.2. The first-order valence-corrected chi connectivity index (χ1v) is 10.1. The predicted octanol–water partition coefficient (Wildman–Crippen LogP) is 2.93. The van der Waals surface area contributed by atoms with Crippen LogP contribution in [0.2, 0.25) is 0 Å². The molecule has 4 rings (SSSR count). The van der Waals surface area contributed by atoms with E-state index in [9.17, 15) is 9.59 Å². The Kier molecular flexibility index (Phi) is 5.61. The molecule has 30 heavy (non-hydrogen) atoms. The van der Waals surface area contributed by atoms with Crippen molar-refractivity contribution in [2.45, 2.75) is 33.4 Å². The number of carbonyl (C=O) groups excluding carboxylic acids is 2. The molecule has 0 saturated carbocycles. The van der Waals surface area contributed by atoms with Gasteiger partial charge in [0.05, 0.1) is 30.9 Å². The molecule has 2 aromatic heterocycles. The standard InChI is InChI=1S/C23H25N5O2/c1-16-6-5-7-18(10-16)13-28-22(17(2)12-25-28)26-23(30)19-11-21(29)27(14-19)15-20-8-3-4-9-24-20/h3-10,12,19H,11,13-15H2,1-2H3,(H,26,30). The minimum Gasteiger partial charge on any atom is -0.336 e. The Morgan fingerprint density at radius 1 is 1.17 bits per heavy atom. The number of likely N-dealkylation sites (tertiary alicyclic amines) is 1. The lowest BCUT2D eigenvalue weighted by Crippen LogP contribution is -2.29. The highest BCUT2D eigenvalue weighted by Gasteiger charge is 2.35. The Balaban J connectivity index is 1.43. The van der Waals surface area contributed by atoms with E-state index in [1.54, 1.807) is 22.0 Å². The molecule has 1 atom stereocenters. The van der Waals surface area contributed by atoms with Gasteiger partial charge in [-0.3, -0.25) is 14.6 Å². The highest BCUT2D eigenvalue weighted by molar-refractivity contribution is 5.97. The van der Waals surface area contributed by atoms with Gasteiger partial charge in [0.25, 0.3) is 0 Å². The number of benzene rings is 1. The van der Waals surface area contributed by atoms with Crippen molar-refractivity contribution in [1.82, 2.24) is 19.7 Å². The molecule has 0 radical (unpaired) electrons. The van der Waals surface area contributed by atoms with Crippen molar-refractivity contribution < 1.29 is 9.59 Å². The molecule has 7 nitrogen and oxygen atoms in total. The van der Waals surface area contributed by atoms with Crippen LogP contribution in [0.3, 0.4) is 0 Å². The van der Waals surface area contributed by atoms with Crippen LogP contribution in [-0.2, 0) is 22.7 Å². The lowest BCUT2D eigenvalue weighted by Gasteiger charge is -2.16. The van der Waals surface area contributed by atoms with Crippen LogP contribution in [0.25, 0.3) is 0 Å². The van der Waals surface area contributed by atoms with Gasteiger partial charge in [0, 0.05) is 24.7 Å². The normalized spacial score (nSPS) is 16.1. The van der Waals surface area contributed by atoms with E-state index in [0.717, 1.165) is 16.8 Å². The minimum absolute atomic E-state index is 0.0224. The highest BCUT2D eigenvalue weighted by Crippen LogP contribution is 2.23. The van der Waals surface area contributed by atoms with Crippen LogP contribution >= 0.6 is 0 Å². The van der Waals surface area contributed by atoms with Crippen LogP contribution in [0.4, 0.5) is 5.82 Å². The third-order valence-corrected chi connectivity index (χ3v) is 5.34. The summed E-state index contributed by atoms with van der Waals surface area (Å²) >= 11 is 0. The topological polar surface area (TPSA) is 80.1 Å². The number of carbonyl (C=O) groups is 2. The second-order valence-electron chi connectivity index (χ2n) is 7.81. The first-order chi connectivity index (χ1) is 14.5. The van der Waals surface area contributed by atoms with Crippen LogP contribution in [0.5, 0.6) is 0 Å². The lowest BCUT2D eigenvalue weighted by atomic mass is 10.1. The number of nitrogens with one attached hydrogen (secondary N) is 1. The number of anilines is 1. The number of aromatic nitrogens is 3. The average molecular weight is 403 g/mol. The second-order valence-corrected chi connectivity index (χ2v) is 7.81. The third kappa shape index (κ3) is 4.40. The van der Waals surface area contributed by atoms with Gasteiger partial charge >= 0.3 is 0 Å². The van der Waals surface area contributed by atoms with E-state index in [0.29, 0.717) is 25.5 Å². The molecule has 7 heteroatoms. The van der Waals surface area contributed by atoms with Gasteiger partial charge < -0.3 is 10.2 Å². The summed E-state index contributed by atoms with van der Waals surface area (Å²) in [5.41, 5.74) is 4.01. The van der Waals surface area contributed by atoms with Crippen molar-refractivity contribution in [3.63, 3.8) is 0 Å². The average Bonchev–Trinajstić information content (AvgIpc) is 3.26. The molecule has 1 unspecified atom stereocenters. The molecule has 3 aromatic rings. The Hall–Kier alpha value is -3.48. The summed E-state index contributed by atoms with van der Waals surface area (Å²) < 4.78 is 1.80. The van der Waals surface area contributed by atoms with Crippen molar-refractivity contribution in [1.29, 1.82) is 0 Å². The van der Waals surface area contributed by atoms with Gasteiger partial charge in [-0.1, -0.05) is 35.9 Å². The lowest BCUT2D eigenvalue weighted by molar-refractivity contribution is -0.128.